The fourth-order valence-corrected chi connectivity index (χ4v) is 4.80. The van der Waals surface area contributed by atoms with Crippen molar-refractivity contribution in [2.24, 2.45) is 7.05 Å². The van der Waals surface area contributed by atoms with E-state index < -0.39 is 17.7 Å². The first-order valence-corrected chi connectivity index (χ1v) is 11.8. The molecule has 0 spiro atoms. The van der Waals surface area contributed by atoms with Crippen LogP contribution in [0.4, 0.5) is 16.6 Å². The van der Waals surface area contributed by atoms with Gasteiger partial charge in [0.1, 0.15) is 16.3 Å². The molecular weight excluding hydrogens is 489 g/mol. The number of nitrogens with two attached hydrogens (primary N) is 1. The minimum absolute atomic E-state index is 0.0595. The van der Waals surface area contributed by atoms with Crippen molar-refractivity contribution >= 4 is 52.8 Å². The minimum Gasteiger partial charge on any atom is -0.444 e. The normalized spacial score (nSPS) is 16.8. The predicted octanol–water partition coefficient (Wildman–Crippen LogP) is 3.24. The number of nitrogens with zero attached hydrogens (tertiary/aromatic N) is 4. The van der Waals surface area contributed by atoms with Crippen LogP contribution in [-0.4, -0.2) is 63.5 Å². The van der Waals surface area contributed by atoms with Gasteiger partial charge in [-0.25, -0.2) is 4.79 Å². The van der Waals surface area contributed by atoms with Gasteiger partial charge in [0.05, 0.1) is 22.7 Å². The largest absolute Gasteiger partial charge is 0.444 e. The van der Waals surface area contributed by atoms with Crippen LogP contribution in [0.2, 0.25) is 10.0 Å². The van der Waals surface area contributed by atoms with E-state index in [2.05, 4.69) is 4.98 Å². The summed E-state index contributed by atoms with van der Waals surface area (Å²) in [6.45, 7) is 6.05. The summed E-state index contributed by atoms with van der Waals surface area (Å²) in [6, 6.07) is 4.61. The number of aromatic nitrogens is 2. The van der Waals surface area contributed by atoms with Crippen LogP contribution in [-0.2, 0) is 11.8 Å². The monoisotopic (exact) mass is 515 g/mol. The molecule has 33 heavy (non-hydrogen) atoms. The fourth-order valence-electron chi connectivity index (χ4n) is 3.39. The molecule has 1 aromatic carbocycles. The van der Waals surface area contributed by atoms with E-state index in [1.165, 1.54) is 9.47 Å². The highest BCUT2D eigenvalue weighted by molar-refractivity contribution is 7.99. The van der Waals surface area contributed by atoms with Crippen LogP contribution in [0.5, 0.6) is 0 Å². The molecule has 9 nitrogen and oxygen atoms in total. The number of anilines is 2. The van der Waals surface area contributed by atoms with Gasteiger partial charge in [-0.3, -0.25) is 14.3 Å². The van der Waals surface area contributed by atoms with Crippen molar-refractivity contribution in [2.45, 2.75) is 42.2 Å². The van der Waals surface area contributed by atoms with Gasteiger partial charge in [0.15, 0.2) is 0 Å². The number of halogens is 2. The second-order valence-electron chi connectivity index (χ2n) is 8.60. The van der Waals surface area contributed by atoms with E-state index in [1.807, 2.05) is 4.90 Å². The maximum Gasteiger partial charge on any atom is 0.410 e. The summed E-state index contributed by atoms with van der Waals surface area (Å²) in [5.74, 6) is 0.408. The molecule has 1 atom stereocenters. The van der Waals surface area contributed by atoms with Crippen molar-refractivity contribution < 1.29 is 14.6 Å². The molecule has 1 aliphatic rings. The molecule has 3 rings (SSSR count). The van der Waals surface area contributed by atoms with E-state index in [0.717, 1.165) is 11.8 Å². The zero-order valence-corrected chi connectivity index (χ0v) is 21.2. The van der Waals surface area contributed by atoms with Gasteiger partial charge in [-0.1, -0.05) is 41.0 Å². The maximum atomic E-state index is 13.1. The molecule has 0 saturated carbocycles. The van der Waals surface area contributed by atoms with E-state index in [4.69, 9.17) is 33.7 Å². The number of nitrogen functional groups attached to an aromatic ring is 1. The molecule has 0 aliphatic carbocycles. The summed E-state index contributed by atoms with van der Waals surface area (Å²) < 4.78 is 6.84. The highest BCUT2D eigenvalue weighted by atomic mass is 35.5. The SMILES string of the molecule is Cn1c(N2CCN(C(=O)OC(C)(C)C)[C@@H](CO)C2)nc(N)c(Sc2cccc(Cl)c2Cl)c1=O. The molecule has 180 valence electrons. The van der Waals surface area contributed by atoms with Crippen molar-refractivity contribution in [3.8, 4) is 0 Å². The number of aliphatic hydroxyl groups is 1. The Morgan fingerprint density at radius 2 is 2.03 bits per heavy atom. The van der Waals surface area contributed by atoms with Gasteiger partial charge in [-0.05, 0) is 32.9 Å². The zero-order valence-electron chi connectivity index (χ0n) is 18.8. The smallest absolute Gasteiger partial charge is 0.410 e. The van der Waals surface area contributed by atoms with Crippen LogP contribution >= 0.6 is 35.0 Å². The van der Waals surface area contributed by atoms with Gasteiger partial charge in [0, 0.05) is 31.6 Å². The van der Waals surface area contributed by atoms with Gasteiger partial charge < -0.3 is 20.5 Å². The van der Waals surface area contributed by atoms with Crippen molar-refractivity contribution in [3.05, 3.63) is 38.6 Å². The number of rotatable bonds is 4. The van der Waals surface area contributed by atoms with Crippen LogP contribution in [0.25, 0.3) is 0 Å². The van der Waals surface area contributed by atoms with Gasteiger partial charge in [0.2, 0.25) is 5.95 Å². The minimum atomic E-state index is -0.645. The molecule has 1 amide bonds. The van der Waals surface area contributed by atoms with E-state index in [9.17, 15) is 14.7 Å². The molecular formula is C21H27Cl2N5O4S. The quantitative estimate of drug-likeness (QED) is 0.637. The molecule has 2 aromatic rings. The number of carbonyl (C=O) groups is 1. The molecule has 1 aromatic heterocycles. The van der Waals surface area contributed by atoms with Gasteiger partial charge in [0.25, 0.3) is 5.56 Å². The maximum absolute atomic E-state index is 13.1. The van der Waals surface area contributed by atoms with E-state index in [-0.39, 0.29) is 29.4 Å². The van der Waals surface area contributed by atoms with Crippen LogP contribution in [0.3, 0.4) is 0 Å². The lowest BCUT2D eigenvalue weighted by Crippen LogP contribution is -2.58. The third-order valence-electron chi connectivity index (χ3n) is 4.98. The third kappa shape index (κ3) is 5.68. The lowest BCUT2D eigenvalue weighted by Gasteiger charge is -2.41. The summed E-state index contributed by atoms with van der Waals surface area (Å²) in [7, 11) is 1.60. The fraction of sp³-hybridized carbons (Fsp3) is 0.476. The Morgan fingerprint density at radius 3 is 2.67 bits per heavy atom. The predicted molar refractivity (Wildman–Crippen MR) is 131 cm³/mol. The molecule has 0 radical (unpaired) electrons. The van der Waals surface area contributed by atoms with E-state index in [1.54, 1.807) is 46.0 Å². The molecule has 1 fully saturated rings. The molecule has 12 heteroatoms. The van der Waals surface area contributed by atoms with Gasteiger partial charge >= 0.3 is 6.09 Å². The molecule has 1 saturated heterocycles. The summed E-state index contributed by atoms with van der Waals surface area (Å²) in [5, 5.41) is 10.6. The third-order valence-corrected chi connectivity index (χ3v) is 7.06. The van der Waals surface area contributed by atoms with Gasteiger partial charge in [-0.2, -0.15) is 4.98 Å². The Hall–Kier alpha value is -2.14. The van der Waals surface area contributed by atoms with Crippen LogP contribution < -0.4 is 16.2 Å². The number of piperazine rings is 1. The van der Waals surface area contributed by atoms with Crippen molar-refractivity contribution in [1.29, 1.82) is 0 Å². The average molecular weight is 516 g/mol. The van der Waals surface area contributed by atoms with E-state index >= 15 is 0 Å². The van der Waals surface area contributed by atoms with Crippen molar-refractivity contribution in [3.63, 3.8) is 0 Å². The molecule has 1 aliphatic heterocycles. The second-order valence-corrected chi connectivity index (χ2v) is 10.4. The number of hydrogen-bond acceptors (Lipinski definition) is 8. The first-order chi connectivity index (χ1) is 15.4. The number of hydrogen-bond donors (Lipinski definition) is 2. The number of amides is 1. The number of benzene rings is 1. The average Bonchev–Trinajstić information content (AvgIpc) is 2.74. The molecule has 0 unspecified atom stereocenters. The van der Waals surface area contributed by atoms with E-state index in [0.29, 0.717) is 34.0 Å². The molecule has 0 bridgehead atoms. The second kappa shape index (κ2) is 10.0. The Labute approximate surface area is 206 Å². The summed E-state index contributed by atoms with van der Waals surface area (Å²) >= 11 is 13.4. The number of carbonyl (C=O) groups excluding carboxylic acids is 1. The Kier molecular flexibility index (Phi) is 7.73. The summed E-state index contributed by atoms with van der Waals surface area (Å²) in [5.41, 5.74) is 5.18. The number of ether oxygens (including phenoxy) is 1. The van der Waals surface area contributed by atoms with Crippen LogP contribution in [0.15, 0.2) is 32.8 Å². The summed E-state index contributed by atoms with van der Waals surface area (Å²) in [6.07, 6.45) is -0.493. The Morgan fingerprint density at radius 1 is 1.33 bits per heavy atom. The summed E-state index contributed by atoms with van der Waals surface area (Å²) in [4.78, 5) is 34.2. The Bertz CT molecular complexity index is 1110. The first-order valence-electron chi connectivity index (χ1n) is 10.3. The zero-order chi connectivity index (χ0) is 24.5. The highest BCUT2D eigenvalue weighted by Gasteiger charge is 2.34. The van der Waals surface area contributed by atoms with Crippen molar-refractivity contribution in [2.75, 3.05) is 36.9 Å². The number of aliphatic hydroxyl groups excluding tert-OH is 1. The lowest BCUT2D eigenvalue weighted by molar-refractivity contribution is 0.00689. The topological polar surface area (TPSA) is 114 Å². The molecule has 2 heterocycles. The Balaban J connectivity index is 1.85. The van der Waals surface area contributed by atoms with Crippen LogP contribution in [0.1, 0.15) is 20.8 Å². The first kappa shape index (κ1) is 25.5. The lowest BCUT2D eigenvalue weighted by atomic mass is 10.2. The van der Waals surface area contributed by atoms with Gasteiger partial charge in [-0.15, -0.1) is 0 Å². The standard InChI is InChI=1S/C21H27Cl2N5O4S/c1-21(2,3)32-20(31)28-9-8-27(10-12(28)11-29)19-25-17(24)16(18(30)26(19)4)33-14-7-5-6-13(22)15(14)23/h5-7,12,29H,8-11,24H2,1-4H3/t12-/m1/s1. The van der Waals surface area contributed by atoms with Crippen molar-refractivity contribution in [1.82, 2.24) is 14.5 Å². The highest BCUT2D eigenvalue weighted by Crippen LogP contribution is 2.37. The van der Waals surface area contributed by atoms with Crippen LogP contribution in [0, 0.1) is 0 Å². The molecule has 3 N–H and O–H groups in total.